The van der Waals surface area contributed by atoms with Crippen molar-refractivity contribution in [3.05, 3.63) is 112 Å². The molecule has 0 radical (unpaired) electrons. The predicted molar refractivity (Wildman–Crippen MR) is 148 cm³/mol. The minimum Gasteiger partial charge on any atom is -0.489 e. The number of fused-ring (bicyclic) bond motifs is 2. The molecule has 6 rings (SSSR count). The van der Waals surface area contributed by atoms with Gasteiger partial charge >= 0.3 is 5.97 Å². The average Bonchev–Trinajstić information content (AvgIpc) is 3.75. The molecular weight excluding hydrogens is 458 g/mol. The second-order valence-electron chi connectivity index (χ2n) is 10.6. The molecular formula is C33H33NO3. The second kappa shape index (κ2) is 9.68. The summed E-state index contributed by atoms with van der Waals surface area (Å²) in [6, 6.07) is 27.5. The van der Waals surface area contributed by atoms with Crippen molar-refractivity contribution in [2.24, 2.45) is 0 Å². The number of benzene rings is 4. The summed E-state index contributed by atoms with van der Waals surface area (Å²) in [6.45, 7) is 4.98. The second-order valence-corrected chi connectivity index (χ2v) is 10.6. The number of ether oxygens (including phenoxy) is 1. The lowest BCUT2D eigenvalue weighted by molar-refractivity contribution is 0.0695. The van der Waals surface area contributed by atoms with Crippen LogP contribution in [0.1, 0.15) is 82.2 Å². The first-order chi connectivity index (χ1) is 18.0. The van der Waals surface area contributed by atoms with Gasteiger partial charge in [0, 0.05) is 24.1 Å². The lowest BCUT2D eigenvalue weighted by Gasteiger charge is -2.34. The smallest absolute Gasteiger partial charge is 0.335 e. The summed E-state index contributed by atoms with van der Waals surface area (Å²) < 4.78 is 6.46. The molecule has 1 fully saturated rings. The Morgan fingerprint density at radius 2 is 1.78 bits per heavy atom. The molecule has 37 heavy (non-hydrogen) atoms. The van der Waals surface area contributed by atoms with E-state index in [1.807, 2.05) is 24.3 Å². The summed E-state index contributed by atoms with van der Waals surface area (Å²) in [5.41, 5.74) is 6.08. The SMILES string of the molecule is Cc1cc([C@H]2C[C@H](CN[C@H](C)c3cccc4ccccc34)Oc3ccccc32)cc(C(=O)O)c1C1CC1. The Labute approximate surface area is 218 Å². The minimum atomic E-state index is -0.825. The quantitative estimate of drug-likeness (QED) is 0.284. The number of carboxylic acid groups (broad SMARTS) is 1. The van der Waals surface area contributed by atoms with E-state index in [-0.39, 0.29) is 18.1 Å². The molecule has 3 atom stereocenters. The van der Waals surface area contributed by atoms with Crippen LogP contribution in [-0.2, 0) is 0 Å². The van der Waals surface area contributed by atoms with Crippen molar-refractivity contribution < 1.29 is 14.6 Å². The third-order valence-corrected chi connectivity index (χ3v) is 8.06. The maximum atomic E-state index is 12.2. The van der Waals surface area contributed by atoms with Gasteiger partial charge < -0.3 is 15.2 Å². The first kappa shape index (κ1) is 23.7. The number of hydrogen-bond donors (Lipinski definition) is 2. The van der Waals surface area contributed by atoms with E-state index < -0.39 is 5.97 Å². The summed E-state index contributed by atoms with van der Waals surface area (Å²) in [5, 5.41) is 16.3. The van der Waals surface area contributed by atoms with Crippen LogP contribution in [0, 0.1) is 6.92 Å². The van der Waals surface area contributed by atoms with Crippen molar-refractivity contribution in [3.8, 4) is 5.75 Å². The highest BCUT2D eigenvalue weighted by Crippen LogP contribution is 2.46. The van der Waals surface area contributed by atoms with Gasteiger partial charge in [-0.05, 0) is 84.2 Å². The van der Waals surface area contributed by atoms with E-state index in [9.17, 15) is 9.90 Å². The van der Waals surface area contributed by atoms with Crippen molar-refractivity contribution in [3.63, 3.8) is 0 Å². The maximum Gasteiger partial charge on any atom is 0.335 e. The molecule has 1 heterocycles. The van der Waals surface area contributed by atoms with Crippen molar-refractivity contribution in [1.82, 2.24) is 5.32 Å². The number of nitrogens with one attached hydrogen (secondary N) is 1. The number of hydrogen-bond acceptors (Lipinski definition) is 3. The van der Waals surface area contributed by atoms with Gasteiger partial charge in [-0.25, -0.2) is 4.79 Å². The van der Waals surface area contributed by atoms with Gasteiger partial charge in [-0.3, -0.25) is 0 Å². The lowest BCUT2D eigenvalue weighted by atomic mass is 9.81. The molecule has 0 amide bonds. The fourth-order valence-electron chi connectivity index (χ4n) is 6.10. The third-order valence-electron chi connectivity index (χ3n) is 8.06. The minimum absolute atomic E-state index is 0.0194. The molecule has 1 saturated carbocycles. The molecule has 0 aromatic heterocycles. The molecule has 0 bridgehead atoms. The zero-order chi connectivity index (χ0) is 25.5. The van der Waals surface area contributed by atoms with E-state index in [2.05, 4.69) is 73.8 Å². The van der Waals surface area contributed by atoms with Crippen LogP contribution in [0.4, 0.5) is 0 Å². The Balaban J connectivity index is 1.27. The lowest BCUT2D eigenvalue weighted by Crippen LogP contribution is -2.37. The molecule has 1 aliphatic heterocycles. The van der Waals surface area contributed by atoms with Crippen LogP contribution in [0.3, 0.4) is 0 Å². The molecule has 4 nitrogen and oxygen atoms in total. The Morgan fingerprint density at radius 3 is 2.59 bits per heavy atom. The highest BCUT2D eigenvalue weighted by molar-refractivity contribution is 5.91. The van der Waals surface area contributed by atoms with Gasteiger partial charge in [0.1, 0.15) is 11.9 Å². The molecule has 188 valence electrons. The van der Waals surface area contributed by atoms with Gasteiger partial charge in [0.15, 0.2) is 0 Å². The topological polar surface area (TPSA) is 58.6 Å². The van der Waals surface area contributed by atoms with E-state index in [1.165, 1.54) is 16.3 Å². The standard InChI is InChI=1S/C33H33NO3/c1-20-16-24(17-30(33(35)36)32(20)23-14-15-23)29-18-25(37-31-13-6-5-11-28(29)31)19-34-21(2)26-12-7-9-22-8-3-4-10-27(22)26/h3-13,16-17,21,23,25,29,34H,14-15,18-19H2,1-2H3,(H,35,36)/t21-,25-,29-/m1/s1. The third kappa shape index (κ3) is 4.62. The zero-order valence-electron chi connectivity index (χ0n) is 21.4. The van der Waals surface area contributed by atoms with Crippen LogP contribution >= 0.6 is 0 Å². The molecule has 2 N–H and O–H groups in total. The first-order valence-corrected chi connectivity index (χ1v) is 13.3. The molecule has 0 spiro atoms. The largest absolute Gasteiger partial charge is 0.489 e. The van der Waals surface area contributed by atoms with Crippen LogP contribution in [0.25, 0.3) is 10.8 Å². The summed E-state index contributed by atoms with van der Waals surface area (Å²) in [7, 11) is 0. The van der Waals surface area contributed by atoms with E-state index >= 15 is 0 Å². The summed E-state index contributed by atoms with van der Waals surface area (Å²) in [4.78, 5) is 12.2. The fraction of sp³-hybridized carbons (Fsp3) is 0.303. The maximum absolute atomic E-state index is 12.2. The number of aryl methyl sites for hydroxylation is 1. The normalized spacial score (nSPS) is 19.7. The summed E-state index contributed by atoms with van der Waals surface area (Å²) >= 11 is 0. The van der Waals surface area contributed by atoms with E-state index in [0.29, 0.717) is 18.0 Å². The number of para-hydroxylation sites is 1. The van der Waals surface area contributed by atoms with Crippen LogP contribution in [0.15, 0.2) is 78.9 Å². The Kier molecular flexibility index (Phi) is 6.21. The first-order valence-electron chi connectivity index (χ1n) is 13.3. The molecule has 1 aliphatic carbocycles. The highest BCUT2D eigenvalue weighted by Gasteiger charge is 2.34. The van der Waals surface area contributed by atoms with Gasteiger partial charge in [-0.2, -0.15) is 0 Å². The highest BCUT2D eigenvalue weighted by atomic mass is 16.5. The van der Waals surface area contributed by atoms with Crippen LogP contribution in [0.2, 0.25) is 0 Å². The van der Waals surface area contributed by atoms with E-state index in [0.717, 1.165) is 47.3 Å². The average molecular weight is 492 g/mol. The van der Waals surface area contributed by atoms with Gasteiger partial charge in [-0.1, -0.05) is 66.7 Å². The molecule has 2 aliphatic rings. The summed E-state index contributed by atoms with van der Waals surface area (Å²) in [5.74, 6) is 0.558. The van der Waals surface area contributed by atoms with Gasteiger partial charge in [0.25, 0.3) is 0 Å². The molecule has 4 aromatic carbocycles. The Hall–Kier alpha value is -3.63. The molecule has 4 heteroatoms. The van der Waals surface area contributed by atoms with Gasteiger partial charge in [0.05, 0.1) is 5.56 Å². The van der Waals surface area contributed by atoms with Gasteiger partial charge in [0.2, 0.25) is 0 Å². The number of carbonyl (C=O) groups is 1. The van der Waals surface area contributed by atoms with Crippen LogP contribution in [-0.4, -0.2) is 23.7 Å². The Morgan fingerprint density at radius 1 is 1.03 bits per heavy atom. The number of rotatable bonds is 7. The predicted octanol–water partition coefficient (Wildman–Crippen LogP) is 7.36. The van der Waals surface area contributed by atoms with Crippen molar-refractivity contribution in [1.29, 1.82) is 0 Å². The molecule has 0 saturated heterocycles. The van der Waals surface area contributed by atoms with Crippen molar-refractivity contribution in [2.75, 3.05) is 6.54 Å². The number of aromatic carboxylic acids is 1. The van der Waals surface area contributed by atoms with Gasteiger partial charge in [-0.15, -0.1) is 0 Å². The van der Waals surface area contributed by atoms with E-state index in [4.69, 9.17) is 4.74 Å². The van der Waals surface area contributed by atoms with Crippen LogP contribution < -0.4 is 10.1 Å². The molecule has 4 aromatic rings. The zero-order valence-corrected chi connectivity index (χ0v) is 21.4. The monoisotopic (exact) mass is 491 g/mol. The number of carboxylic acids is 1. The van der Waals surface area contributed by atoms with Crippen molar-refractivity contribution >= 4 is 16.7 Å². The van der Waals surface area contributed by atoms with Crippen LogP contribution in [0.5, 0.6) is 5.75 Å². The van der Waals surface area contributed by atoms with E-state index in [1.54, 1.807) is 0 Å². The Bertz CT molecular complexity index is 1470. The fourth-order valence-corrected chi connectivity index (χ4v) is 6.10. The molecule has 0 unspecified atom stereocenters. The summed E-state index contributed by atoms with van der Waals surface area (Å²) in [6.07, 6.45) is 2.95. The van der Waals surface area contributed by atoms with Crippen molar-refractivity contribution in [2.45, 2.75) is 57.1 Å².